The molecule has 3 nitrogen and oxygen atoms in total. The number of carbonyl (C=O) groups is 1. The van der Waals surface area contributed by atoms with Crippen molar-refractivity contribution in [1.82, 2.24) is 0 Å². The lowest BCUT2D eigenvalue weighted by atomic mass is 10.1. The van der Waals surface area contributed by atoms with Gasteiger partial charge in [-0.1, -0.05) is 18.2 Å². The van der Waals surface area contributed by atoms with E-state index in [0.717, 1.165) is 23.3 Å². The molecule has 0 aliphatic carbocycles. The van der Waals surface area contributed by atoms with E-state index in [0.29, 0.717) is 0 Å². The molecular formula is C16H16FNO2. The van der Waals surface area contributed by atoms with Gasteiger partial charge in [-0.3, -0.25) is 0 Å². The zero-order valence-electron chi connectivity index (χ0n) is 11.4. The normalized spacial score (nSPS) is 10.3. The van der Waals surface area contributed by atoms with Crippen molar-refractivity contribution in [2.75, 3.05) is 5.73 Å². The van der Waals surface area contributed by atoms with E-state index in [-0.39, 0.29) is 17.9 Å². The number of esters is 1. The lowest BCUT2D eigenvalue weighted by molar-refractivity contribution is 0.0472. The molecule has 0 heterocycles. The molecule has 0 spiro atoms. The lowest BCUT2D eigenvalue weighted by Crippen LogP contribution is -2.06. The molecule has 0 unspecified atom stereocenters. The van der Waals surface area contributed by atoms with Crippen LogP contribution in [0.1, 0.15) is 27.0 Å². The van der Waals surface area contributed by atoms with Gasteiger partial charge in [0.1, 0.15) is 12.4 Å². The van der Waals surface area contributed by atoms with Crippen LogP contribution in [-0.2, 0) is 11.3 Å². The van der Waals surface area contributed by atoms with E-state index < -0.39 is 11.8 Å². The third-order valence-corrected chi connectivity index (χ3v) is 3.10. The standard InChI is InChI=1S/C16H16FNO2/c1-10-3-4-12(5-11(10)2)9-20-16(19)13-6-14(17)8-15(18)7-13/h3-8H,9,18H2,1-2H3. The maximum atomic E-state index is 13.2. The van der Waals surface area contributed by atoms with Gasteiger partial charge in [0.25, 0.3) is 0 Å². The van der Waals surface area contributed by atoms with Crippen LogP contribution in [0, 0.1) is 19.7 Å². The Hall–Kier alpha value is -2.36. The molecule has 0 radical (unpaired) electrons. The van der Waals surface area contributed by atoms with E-state index >= 15 is 0 Å². The third kappa shape index (κ3) is 3.35. The summed E-state index contributed by atoms with van der Waals surface area (Å²) in [5, 5.41) is 0. The van der Waals surface area contributed by atoms with Crippen molar-refractivity contribution in [1.29, 1.82) is 0 Å². The summed E-state index contributed by atoms with van der Waals surface area (Å²) in [7, 11) is 0. The molecule has 20 heavy (non-hydrogen) atoms. The Balaban J connectivity index is 2.06. The fourth-order valence-corrected chi connectivity index (χ4v) is 1.86. The van der Waals surface area contributed by atoms with Crippen LogP contribution in [0.25, 0.3) is 0 Å². The smallest absolute Gasteiger partial charge is 0.338 e. The van der Waals surface area contributed by atoms with Crippen molar-refractivity contribution >= 4 is 11.7 Å². The highest BCUT2D eigenvalue weighted by molar-refractivity contribution is 5.90. The number of carbonyl (C=O) groups excluding carboxylic acids is 1. The minimum absolute atomic E-state index is 0.117. The molecule has 2 aromatic rings. The average Bonchev–Trinajstić information content (AvgIpc) is 2.38. The summed E-state index contributed by atoms with van der Waals surface area (Å²) in [5.74, 6) is -1.14. The van der Waals surface area contributed by atoms with E-state index in [4.69, 9.17) is 10.5 Å². The van der Waals surface area contributed by atoms with Crippen LogP contribution in [0.3, 0.4) is 0 Å². The molecule has 0 saturated heterocycles. The van der Waals surface area contributed by atoms with Gasteiger partial charge >= 0.3 is 5.97 Å². The van der Waals surface area contributed by atoms with Gasteiger partial charge < -0.3 is 10.5 Å². The molecule has 0 atom stereocenters. The minimum Gasteiger partial charge on any atom is -0.457 e. The van der Waals surface area contributed by atoms with Gasteiger partial charge in [0, 0.05) is 5.69 Å². The summed E-state index contributed by atoms with van der Waals surface area (Å²) in [6.45, 7) is 4.16. The predicted molar refractivity (Wildman–Crippen MR) is 75.8 cm³/mol. The van der Waals surface area contributed by atoms with Gasteiger partial charge in [-0.05, 0) is 48.7 Å². The fourth-order valence-electron chi connectivity index (χ4n) is 1.86. The number of nitrogen functional groups attached to an aromatic ring is 1. The second kappa shape index (κ2) is 5.74. The van der Waals surface area contributed by atoms with Crippen LogP contribution in [0.2, 0.25) is 0 Å². The van der Waals surface area contributed by atoms with E-state index in [2.05, 4.69) is 0 Å². The Morgan fingerprint density at radius 2 is 1.90 bits per heavy atom. The molecule has 2 aromatic carbocycles. The monoisotopic (exact) mass is 273 g/mol. The van der Waals surface area contributed by atoms with Crippen LogP contribution in [0.5, 0.6) is 0 Å². The quantitative estimate of drug-likeness (QED) is 0.689. The van der Waals surface area contributed by atoms with E-state index in [1.807, 2.05) is 32.0 Å². The molecule has 0 aliphatic heterocycles. The first kappa shape index (κ1) is 14.1. The number of aryl methyl sites for hydroxylation is 2. The first-order valence-corrected chi connectivity index (χ1v) is 6.25. The molecule has 4 heteroatoms. The summed E-state index contributed by atoms with van der Waals surface area (Å²) in [6, 6.07) is 9.49. The second-order valence-electron chi connectivity index (χ2n) is 4.77. The van der Waals surface area contributed by atoms with E-state index in [1.54, 1.807) is 0 Å². The first-order chi connectivity index (χ1) is 9.45. The Bertz CT molecular complexity index is 633. The molecule has 0 amide bonds. The first-order valence-electron chi connectivity index (χ1n) is 6.25. The van der Waals surface area contributed by atoms with Gasteiger partial charge in [0.2, 0.25) is 0 Å². The van der Waals surface area contributed by atoms with Crippen molar-refractivity contribution in [2.45, 2.75) is 20.5 Å². The summed E-state index contributed by atoms with van der Waals surface area (Å²) in [5.41, 5.74) is 9.01. The molecule has 2 N–H and O–H groups in total. The summed E-state index contributed by atoms with van der Waals surface area (Å²) < 4.78 is 18.3. The molecule has 0 fully saturated rings. The topological polar surface area (TPSA) is 52.3 Å². The van der Waals surface area contributed by atoms with Crippen molar-refractivity contribution in [3.63, 3.8) is 0 Å². The fraction of sp³-hybridized carbons (Fsp3) is 0.188. The summed E-state index contributed by atoms with van der Waals surface area (Å²) >= 11 is 0. The van der Waals surface area contributed by atoms with Crippen LogP contribution in [-0.4, -0.2) is 5.97 Å². The number of benzene rings is 2. The second-order valence-corrected chi connectivity index (χ2v) is 4.77. The van der Waals surface area contributed by atoms with Gasteiger partial charge in [0.05, 0.1) is 5.56 Å². The largest absolute Gasteiger partial charge is 0.457 e. The SMILES string of the molecule is Cc1ccc(COC(=O)c2cc(N)cc(F)c2)cc1C. The maximum absolute atomic E-state index is 13.2. The Labute approximate surface area is 117 Å². The molecular weight excluding hydrogens is 257 g/mol. The maximum Gasteiger partial charge on any atom is 0.338 e. The zero-order chi connectivity index (χ0) is 14.7. The molecule has 104 valence electrons. The third-order valence-electron chi connectivity index (χ3n) is 3.10. The number of rotatable bonds is 3. The molecule has 2 rings (SSSR count). The van der Waals surface area contributed by atoms with Gasteiger partial charge in [-0.15, -0.1) is 0 Å². The number of ether oxygens (including phenoxy) is 1. The number of anilines is 1. The molecule has 0 aromatic heterocycles. The number of halogens is 1. The summed E-state index contributed by atoms with van der Waals surface area (Å²) in [4.78, 5) is 11.8. The summed E-state index contributed by atoms with van der Waals surface area (Å²) in [6.07, 6.45) is 0. The highest BCUT2D eigenvalue weighted by Gasteiger charge is 2.10. The van der Waals surface area contributed by atoms with E-state index in [1.165, 1.54) is 11.6 Å². The van der Waals surface area contributed by atoms with Gasteiger partial charge in [0.15, 0.2) is 0 Å². The molecule has 0 aliphatic rings. The number of hydrogen-bond donors (Lipinski definition) is 1. The predicted octanol–water partition coefficient (Wildman–Crippen LogP) is 3.38. The molecule has 0 saturated carbocycles. The zero-order valence-corrected chi connectivity index (χ0v) is 11.4. The molecule has 0 bridgehead atoms. The van der Waals surface area contributed by atoms with Crippen molar-refractivity contribution in [2.24, 2.45) is 0 Å². The van der Waals surface area contributed by atoms with Crippen LogP contribution in [0.4, 0.5) is 10.1 Å². The van der Waals surface area contributed by atoms with Gasteiger partial charge in [-0.2, -0.15) is 0 Å². The number of nitrogens with two attached hydrogens (primary N) is 1. The van der Waals surface area contributed by atoms with Crippen molar-refractivity contribution in [3.05, 3.63) is 64.5 Å². The number of hydrogen-bond acceptors (Lipinski definition) is 3. The highest BCUT2D eigenvalue weighted by atomic mass is 19.1. The van der Waals surface area contributed by atoms with E-state index in [9.17, 15) is 9.18 Å². The van der Waals surface area contributed by atoms with Crippen molar-refractivity contribution < 1.29 is 13.9 Å². The van der Waals surface area contributed by atoms with Crippen LogP contribution >= 0.6 is 0 Å². The van der Waals surface area contributed by atoms with Crippen LogP contribution in [0.15, 0.2) is 36.4 Å². The van der Waals surface area contributed by atoms with Gasteiger partial charge in [-0.25, -0.2) is 9.18 Å². The Kier molecular flexibility index (Phi) is 4.03. The van der Waals surface area contributed by atoms with Crippen LogP contribution < -0.4 is 5.73 Å². The highest BCUT2D eigenvalue weighted by Crippen LogP contribution is 2.14. The average molecular weight is 273 g/mol. The lowest BCUT2D eigenvalue weighted by Gasteiger charge is -2.08. The Morgan fingerprint density at radius 3 is 2.55 bits per heavy atom. The minimum atomic E-state index is -0.588. The van der Waals surface area contributed by atoms with Crippen molar-refractivity contribution in [3.8, 4) is 0 Å². The Morgan fingerprint density at radius 1 is 1.15 bits per heavy atom.